The van der Waals surface area contributed by atoms with Crippen LogP contribution >= 0.6 is 0 Å². The summed E-state index contributed by atoms with van der Waals surface area (Å²) in [4.78, 5) is 23.2. The number of hydrogen-bond donors (Lipinski definition) is 1. The van der Waals surface area contributed by atoms with E-state index in [4.69, 9.17) is 9.47 Å². The predicted molar refractivity (Wildman–Crippen MR) is 97.2 cm³/mol. The van der Waals surface area contributed by atoms with Gasteiger partial charge in [-0.25, -0.2) is 9.97 Å². The highest BCUT2D eigenvalue weighted by Crippen LogP contribution is 2.32. The highest BCUT2D eigenvalue weighted by atomic mass is 16.7. The van der Waals surface area contributed by atoms with E-state index in [1.807, 2.05) is 31.2 Å². The smallest absolute Gasteiger partial charge is 0.275 e. The van der Waals surface area contributed by atoms with Gasteiger partial charge < -0.3 is 19.7 Å². The average molecular weight is 354 g/mol. The summed E-state index contributed by atoms with van der Waals surface area (Å²) in [5.74, 6) is 0.103. The van der Waals surface area contributed by atoms with Gasteiger partial charge in [0.1, 0.15) is 11.5 Å². The van der Waals surface area contributed by atoms with E-state index in [9.17, 15) is 4.79 Å². The number of carbonyl (C=O) groups excluding carboxylic acids is 1. The quantitative estimate of drug-likeness (QED) is 0.912. The predicted octanol–water partition coefficient (Wildman–Crippen LogP) is 2.38. The minimum Gasteiger partial charge on any atom is -0.355 e. The number of nitrogens with zero attached hydrogens (tertiary/aromatic N) is 3. The Morgan fingerprint density at radius 3 is 2.50 bits per heavy atom. The first-order chi connectivity index (χ1) is 12.7. The van der Waals surface area contributed by atoms with Crippen molar-refractivity contribution in [2.24, 2.45) is 0 Å². The van der Waals surface area contributed by atoms with Crippen molar-refractivity contribution in [2.45, 2.75) is 25.6 Å². The molecule has 4 rings (SSSR count). The maximum atomic E-state index is 12.4. The van der Waals surface area contributed by atoms with Crippen molar-refractivity contribution in [1.29, 1.82) is 0 Å². The first kappa shape index (κ1) is 16.9. The van der Waals surface area contributed by atoms with Gasteiger partial charge in [-0.05, 0) is 18.6 Å². The number of anilines is 2. The summed E-state index contributed by atoms with van der Waals surface area (Å²) in [6, 6.07) is 7.64. The molecule has 2 saturated heterocycles. The Kier molecular flexibility index (Phi) is 4.57. The first-order valence-corrected chi connectivity index (χ1v) is 8.87. The zero-order chi connectivity index (χ0) is 18.0. The Hall–Kier alpha value is -2.51. The molecule has 136 valence electrons. The van der Waals surface area contributed by atoms with Gasteiger partial charge in [0.25, 0.3) is 5.91 Å². The molecule has 26 heavy (non-hydrogen) atoms. The molecule has 3 heterocycles. The normalized spacial score (nSPS) is 18.9. The largest absolute Gasteiger partial charge is 0.355 e. The van der Waals surface area contributed by atoms with Gasteiger partial charge in [0.15, 0.2) is 5.79 Å². The number of nitrogens with one attached hydrogen (secondary N) is 1. The Labute approximate surface area is 152 Å². The number of ether oxygens (including phenoxy) is 2. The van der Waals surface area contributed by atoms with E-state index in [0.29, 0.717) is 18.9 Å². The van der Waals surface area contributed by atoms with Crippen LogP contribution in [0.4, 0.5) is 11.5 Å². The van der Waals surface area contributed by atoms with Crippen LogP contribution in [-0.2, 0) is 9.47 Å². The lowest BCUT2D eigenvalue weighted by molar-refractivity contribution is -0.169. The minimum absolute atomic E-state index is 0.260. The summed E-state index contributed by atoms with van der Waals surface area (Å²) in [6.07, 6.45) is 4.80. The second-order valence-electron chi connectivity index (χ2n) is 6.62. The van der Waals surface area contributed by atoms with Crippen LogP contribution in [0.2, 0.25) is 0 Å². The van der Waals surface area contributed by atoms with Crippen LogP contribution in [0.3, 0.4) is 0 Å². The summed E-state index contributed by atoms with van der Waals surface area (Å²) in [7, 11) is 0. The number of hydrogen-bond acceptors (Lipinski definition) is 6. The molecule has 2 aromatic rings. The number of amides is 1. The van der Waals surface area contributed by atoms with Crippen molar-refractivity contribution in [2.75, 3.05) is 36.5 Å². The van der Waals surface area contributed by atoms with Gasteiger partial charge in [0, 0.05) is 31.6 Å². The maximum Gasteiger partial charge on any atom is 0.275 e. The van der Waals surface area contributed by atoms with Crippen LogP contribution < -0.4 is 10.2 Å². The zero-order valence-electron chi connectivity index (χ0n) is 14.8. The van der Waals surface area contributed by atoms with E-state index in [2.05, 4.69) is 20.2 Å². The van der Waals surface area contributed by atoms with Crippen LogP contribution in [0, 0.1) is 6.92 Å². The average Bonchev–Trinajstić information content (AvgIpc) is 3.12. The number of aryl methyl sites for hydroxylation is 1. The lowest BCUT2D eigenvalue weighted by atomic mass is 10.0. The summed E-state index contributed by atoms with van der Waals surface area (Å²) < 4.78 is 11.5. The molecule has 0 aliphatic carbocycles. The molecule has 0 unspecified atom stereocenters. The third-order valence-electron chi connectivity index (χ3n) is 4.93. The van der Waals surface area contributed by atoms with Crippen LogP contribution in [-0.4, -0.2) is 48.0 Å². The molecule has 0 atom stereocenters. The van der Waals surface area contributed by atoms with Crippen LogP contribution in [0.25, 0.3) is 0 Å². The molecule has 1 amide bonds. The van der Waals surface area contributed by atoms with E-state index in [0.717, 1.165) is 43.0 Å². The molecular formula is C19H22N4O3. The highest BCUT2D eigenvalue weighted by Gasteiger charge is 2.40. The third kappa shape index (κ3) is 3.40. The fourth-order valence-electron chi connectivity index (χ4n) is 3.36. The number of aromatic nitrogens is 2. The van der Waals surface area contributed by atoms with Crippen LogP contribution in [0.5, 0.6) is 0 Å². The lowest BCUT2D eigenvalue weighted by Gasteiger charge is -2.37. The molecule has 1 N–H and O–H groups in total. The number of carbonyl (C=O) groups is 1. The van der Waals surface area contributed by atoms with Crippen molar-refractivity contribution in [3.63, 3.8) is 0 Å². The Bertz CT molecular complexity index is 778. The molecule has 2 fully saturated rings. The lowest BCUT2D eigenvalue weighted by Crippen LogP contribution is -2.45. The zero-order valence-corrected chi connectivity index (χ0v) is 14.8. The van der Waals surface area contributed by atoms with Gasteiger partial charge in [0.05, 0.1) is 25.6 Å². The van der Waals surface area contributed by atoms with E-state index in [1.165, 1.54) is 6.20 Å². The molecule has 7 heteroatoms. The van der Waals surface area contributed by atoms with Gasteiger partial charge in [-0.2, -0.15) is 0 Å². The molecule has 0 bridgehead atoms. The number of para-hydroxylation sites is 1. The van der Waals surface area contributed by atoms with Gasteiger partial charge in [0.2, 0.25) is 0 Å². The fourth-order valence-corrected chi connectivity index (χ4v) is 3.36. The van der Waals surface area contributed by atoms with Crippen molar-refractivity contribution < 1.29 is 14.3 Å². The van der Waals surface area contributed by atoms with Gasteiger partial charge in [-0.15, -0.1) is 0 Å². The maximum absolute atomic E-state index is 12.4. The molecule has 7 nitrogen and oxygen atoms in total. The number of rotatable bonds is 3. The highest BCUT2D eigenvalue weighted by molar-refractivity contribution is 6.03. The van der Waals surface area contributed by atoms with Crippen LogP contribution in [0.15, 0.2) is 36.7 Å². The van der Waals surface area contributed by atoms with Gasteiger partial charge in [-0.3, -0.25) is 4.79 Å². The first-order valence-electron chi connectivity index (χ1n) is 8.87. The van der Waals surface area contributed by atoms with Crippen molar-refractivity contribution in [3.8, 4) is 0 Å². The molecular weight excluding hydrogens is 332 g/mol. The van der Waals surface area contributed by atoms with Crippen molar-refractivity contribution in [1.82, 2.24) is 9.97 Å². The minimum atomic E-state index is -0.405. The van der Waals surface area contributed by atoms with E-state index < -0.39 is 5.79 Å². The SMILES string of the molecule is Cc1ccccc1NC(=O)c1cnc(N2CCC3(CC2)OCCO3)cn1. The van der Waals surface area contributed by atoms with E-state index >= 15 is 0 Å². The summed E-state index contributed by atoms with van der Waals surface area (Å²) in [5, 5.41) is 2.87. The standard InChI is InChI=1S/C19H22N4O3/c1-14-4-2-3-5-15(14)22-18(24)16-12-21-17(13-20-16)23-8-6-19(7-9-23)25-10-11-26-19/h2-5,12-13H,6-11H2,1H3,(H,22,24). The summed E-state index contributed by atoms with van der Waals surface area (Å²) >= 11 is 0. The Morgan fingerprint density at radius 2 is 1.85 bits per heavy atom. The molecule has 1 aromatic carbocycles. The number of piperidine rings is 1. The van der Waals surface area contributed by atoms with Crippen LogP contribution in [0.1, 0.15) is 28.9 Å². The summed E-state index contributed by atoms with van der Waals surface area (Å²) in [6.45, 7) is 4.88. The molecule has 2 aliphatic heterocycles. The molecule has 0 radical (unpaired) electrons. The van der Waals surface area contributed by atoms with Crippen molar-refractivity contribution >= 4 is 17.4 Å². The summed E-state index contributed by atoms with van der Waals surface area (Å²) in [5.41, 5.74) is 2.08. The monoisotopic (exact) mass is 354 g/mol. The van der Waals surface area contributed by atoms with E-state index in [-0.39, 0.29) is 5.91 Å². The topological polar surface area (TPSA) is 76.6 Å². The molecule has 1 aromatic heterocycles. The van der Waals surface area contributed by atoms with E-state index in [1.54, 1.807) is 6.20 Å². The molecule has 1 spiro atoms. The fraction of sp³-hybridized carbons (Fsp3) is 0.421. The van der Waals surface area contributed by atoms with Crippen molar-refractivity contribution in [3.05, 3.63) is 47.9 Å². The molecule has 0 saturated carbocycles. The second kappa shape index (κ2) is 7.01. The van der Waals surface area contributed by atoms with Gasteiger partial charge in [-0.1, -0.05) is 18.2 Å². The second-order valence-corrected chi connectivity index (χ2v) is 6.62. The Balaban J connectivity index is 1.39. The van der Waals surface area contributed by atoms with Gasteiger partial charge >= 0.3 is 0 Å². The Morgan fingerprint density at radius 1 is 1.12 bits per heavy atom. The third-order valence-corrected chi connectivity index (χ3v) is 4.93. The molecule has 2 aliphatic rings. The number of benzene rings is 1.